The fraction of sp³-hybridized carbons (Fsp3) is 0.591. The van der Waals surface area contributed by atoms with E-state index in [9.17, 15) is 14.4 Å². The van der Waals surface area contributed by atoms with E-state index >= 15 is 0 Å². The topological polar surface area (TPSA) is 106 Å². The molecular formula is C22H37N3O5. The molecule has 0 radical (unpaired) electrons. The molecule has 8 heteroatoms. The van der Waals surface area contributed by atoms with Crippen LogP contribution in [0.25, 0.3) is 0 Å². The van der Waals surface area contributed by atoms with Gasteiger partial charge in [-0.05, 0) is 39.4 Å². The third kappa shape index (κ3) is 11.5. The van der Waals surface area contributed by atoms with Gasteiger partial charge in [-0.25, -0.2) is 4.79 Å². The summed E-state index contributed by atoms with van der Waals surface area (Å²) in [5, 5.41) is 8.45. The first-order valence-corrected chi connectivity index (χ1v) is 10.2. The molecule has 1 rings (SSSR count). The van der Waals surface area contributed by atoms with Crippen molar-refractivity contribution in [1.29, 1.82) is 0 Å². The van der Waals surface area contributed by atoms with E-state index < -0.39 is 12.0 Å². The molecule has 0 heterocycles. The molecule has 0 bridgehead atoms. The smallest absolute Gasteiger partial charge is 0.338 e. The van der Waals surface area contributed by atoms with Crippen molar-refractivity contribution in [2.75, 3.05) is 27.8 Å². The number of nitrogens with one attached hydrogen (secondary N) is 3. The van der Waals surface area contributed by atoms with Crippen LogP contribution in [0.5, 0.6) is 0 Å². The molecule has 0 aliphatic carbocycles. The Kier molecular flexibility index (Phi) is 15.0. The number of esters is 2. The molecule has 0 spiro atoms. The van der Waals surface area contributed by atoms with E-state index in [0.717, 1.165) is 6.42 Å². The van der Waals surface area contributed by atoms with Crippen LogP contribution in [-0.4, -0.2) is 63.8 Å². The Morgan fingerprint density at radius 1 is 1.07 bits per heavy atom. The summed E-state index contributed by atoms with van der Waals surface area (Å²) in [6.07, 6.45) is 3.50. The lowest BCUT2D eigenvalue weighted by Crippen LogP contribution is -2.44. The van der Waals surface area contributed by atoms with E-state index in [1.54, 1.807) is 31.3 Å². The maximum Gasteiger partial charge on any atom is 0.338 e. The van der Waals surface area contributed by atoms with Crippen LogP contribution in [0.4, 0.5) is 0 Å². The monoisotopic (exact) mass is 423 g/mol. The molecule has 0 aliphatic rings. The Bertz CT molecular complexity index is 624. The molecule has 0 saturated carbocycles. The summed E-state index contributed by atoms with van der Waals surface area (Å²) in [6, 6.07) is 8.30. The van der Waals surface area contributed by atoms with Crippen molar-refractivity contribution in [2.24, 2.45) is 0 Å². The SMILES string of the molecule is CCCCC(C)NC(C)C(=O)OC.CNC(=O)C(COC(=O)c1ccccc1)NC. The summed E-state index contributed by atoms with van der Waals surface area (Å²) in [7, 11) is 4.58. The zero-order valence-corrected chi connectivity index (χ0v) is 19.0. The highest BCUT2D eigenvalue weighted by Gasteiger charge is 2.17. The molecule has 0 aromatic heterocycles. The lowest BCUT2D eigenvalue weighted by atomic mass is 10.1. The first kappa shape index (κ1) is 27.5. The van der Waals surface area contributed by atoms with E-state index in [2.05, 4.69) is 34.5 Å². The molecule has 0 saturated heterocycles. The Morgan fingerprint density at radius 3 is 2.20 bits per heavy atom. The molecular weight excluding hydrogens is 386 g/mol. The maximum atomic E-state index is 11.6. The van der Waals surface area contributed by atoms with Crippen molar-refractivity contribution in [3.63, 3.8) is 0 Å². The molecule has 0 aliphatic heterocycles. The lowest BCUT2D eigenvalue weighted by molar-refractivity contribution is -0.142. The highest BCUT2D eigenvalue weighted by molar-refractivity contribution is 5.89. The minimum absolute atomic E-state index is 0.00387. The number of unbranched alkanes of at least 4 members (excludes halogenated alkanes) is 1. The largest absolute Gasteiger partial charge is 0.468 e. The van der Waals surface area contributed by atoms with E-state index in [1.165, 1.54) is 27.0 Å². The predicted octanol–water partition coefficient (Wildman–Crippen LogP) is 1.89. The maximum absolute atomic E-state index is 11.6. The average molecular weight is 424 g/mol. The minimum Gasteiger partial charge on any atom is -0.468 e. The van der Waals surface area contributed by atoms with Crippen molar-refractivity contribution in [3.8, 4) is 0 Å². The molecule has 3 unspecified atom stereocenters. The van der Waals surface area contributed by atoms with Crippen molar-refractivity contribution in [2.45, 2.75) is 58.2 Å². The number of rotatable bonds is 11. The van der Waals surface area contributed by atoms with Gasteiger partial charge in [0.15, 0.2) is 0 Å². The third-order valence-corrected chi connectivity index (χ3v) is 4.38. The lowest BCUT2D eigenvalue weighted by Gasteiger charge is -2.17. The predicted molar refractivity (Wildman–Crippen MR) is 117 cm³/mol. The first-order chi connectivity index (χ1) is 14.3. The van der Waals surface area contributed by atoms with Gasteiger partial charge in [-0.3, -0.25) is 9.59 Å². The van der Waals surface area contributed by atoms with Gasteiger partial charge in [0, 0.05) is 13.1 Å². The molecule has 1 amide bonds. The molecule has 3 N–H and O–H groups in total. The molecule has 30 heavy (non-hydrogen) atoms. The van der Waals surface area contributed by atoms with Crippen molar-refractivity contribution in [1.82, 2.24) is 16.0 Å². The summed E-state index contributed by atoms with van der Waals surface area (Å²) in [5.74, 6) is -0.841. The molecule has 3 atom stereocenters. The number of amides is 1. The number of hydrogen-bond acceptors (Lipinski definition) is 7. The van der Waals surface area contributed by atoms with Gasteiger partial charge in [-0.15, -0.1) is 0 Å². The normalized spacial score (nSPS) is 13.1. The summed E-state index contributed by atoms with van der Waals surface area (Å²) < 4.78 is 9.66. The Hall–Kier alpha value is -2.45. The van der Waals surface area contributed by atoms with Gasteiger partial charge < -0.3 is 25.4 Å². The number of carbonyl (C=O) groups is 3. The van der Waals surface area contributed by atoms with E-state index in [0.29, 0.717) is 11.6 Å². The van der Waals surface area contributed by atoms with E-state index in [1.807, 2.05) is 13.0 Å². The second-order valence-corrected chi connectivity index (χ2v) is 6.87. The average Bonchev–Trinajstić information content (AvgIpc) is 2.77. The van der Waals surface area contributed by atoms with Crippen LogP contribution in [0, 0.1) is 0 Å². The van der Waals surface area contributed by atoms with Crippen LogP contribution in [0.3, 0.4) is 0 Å². The molecule has 1 aromatic rings. The summed E-state index contributed by atoms with van der Waals surface area (Å²) in [4.78, 5) is 34.0. The number of hydrogen-bond donors (Lipinski definition) is 3. The fourth-order valence-electron chi connectivity index (χ4n) is 2.55. The van der Waals surface area contributed by atoms with Crippen LogP contribution in [0.1, 0.15) is 50.4 Å². The van der Waals surface area contributed by atoms with Crippen LogP contribution in [0.15, 0.2) is 30.3 Å². The second-order valence-electron chi connectivity index (χ2n) is 6.87. The molecule has 0 fully saturated rings. The number of methoxy groups -OCH3 is 1. The molecule has 170 valence electrons. The zero-order chi connectivity index (χ0) is 22.9. The highest BCUT2D eigenvalue weighted by atomic mass is 16.5. The second kappa shape index (κ2) is 16.4. The van der Waals surface area contributed by atoms with Gasteiger partial charge in [-0.2, -0.15) is 0 Å². The first-order valence-electron chi connectivity index (χ1n) is 10.2. The van der Waals surface area contributed by atoms with Crippen molar-refractivity contribution >= 4 is 17.8 Å². The Labute approximate surface area is 180 Å². The van der Waals surface area contributed by atoms with Gasteiger partial charge >= 0.3 is 11.9 Å². The molecule has 8 nitrogen and oxygen atoms in total. The standard InChI is InChI=1S/C12H16N2O3.C10H21NO2/c1-13-10(11(15)14-2)8-17-12(16)9-6-4-3-5-7-9;1-5-6-7-8(2)11-9(3)10(12)13-4/h3-7,10,13H,8H2,1-2H3,(H,14,15);8-9,11H,5-7H2,1-4H3. The third-order valence-electron chi connectivity index (χ3n) is 4.38. The number of benzene rings is 1. The van der Waals surface area contributed by atoms with Crippen LogP contribution in [-0.2, 0) is 19.1 Å². The van der Waals surface area contributed by atoms with Crippen molar-refractivity contribution in [3.05, 3.63) is 35.9 Å². The highest BCUT2D eigenvalue weighted by Crippen LogP contribution is 2.02. The van der Waals surface area contributed by atoms with Crippen LogP contribution >= 0.6 is 0 Å². The van der Waals surface area contributed by atoms with E-state index in [-0.39, 0.29) is 24.5 Å². The number of likely N-dealkylation sites (N-methyl/N-ethyl adjacent to an activating group) is 2. The number of ether oxygens (including phenoxy) is 2. The Morgan fingerprint density at radius 2 is 1.70 bits per heavy atom. The summed E-state index contributed by atoms with van der Waals surface area (Å²) in [5.41, 5.74) is 0.472. The van der Waals surface area contributed by atoms with Gasteiger partial charge in [-0.1, -0.05) is 38.0 Å². The Balaban J connectivity index is 0.000000584. The van der Waals surface area contributed by atoms with Gasteiger partial charge in [0.25, 0.3) is 0 Å². The van der Waals surface area contributed by atoms with Gasteiger partial charge in [0.05, 0.1) is 12.7 Å². The molecule has 1 aromatic carbocycles. The fourth-order valence-corrected chi connectivity index (χ4v) is 2.55. The number of carbonyl (C=O) groups excluding carboxylic acids is 3. The van der Waals surface area contributed by atoms with E-state index in [4.69, 9.17) is 4.74 Å². The van der Waals surface area contributed by atoms with Gasteiger partial charge in [0.2, 0.25) is 5.91 Å². The quantitative estimate of drug-likeness (QED) is 0.467. The van der Waals surface area contributed by atoms with Crippen molar-refractivity contribution < 1.29 is 23.9 Å². The summed E-state index contributed by atoms with van der Waals surface area (Å²) in [6.45, 7) is 6.09. The minimum atomic E-state index is -0.535. The van der Waals surface area contributed by atoms with Crippen LogP contribution < -0.4 is 16.0 Å². The van der Waals surface area contributed by atoms with Gasteiger partial charge in [0.1, 0.15) is 18.7 Å². The van der Waals surface area contributed by atoms with Crippen LogP contribution in [0.2, 0.25) is 0 Å². The summed E-state index contributed by atoms with van der Waals surface area (Å²) >= 11 is 0. The zero-order valence-electron chi connectivity index (χ0n) is 19.0.